The number of primary amides is 1. The number of H-pyrrole nitrogens is 1. The first-order valence-corrected chi connectivity index (χ1v) is 4.23. The topological polar surface area (TPSA) is 75.0 Å². The molecule has 6 heteroatoms. The number of aryl methyl sites for hydroxylation is 1. The lowest BCUT2D eigenvalue weighted by atomic mass is 10.00. The Bertz CT molecular complexity index is 332. The van der Waals surface area contributed by atoms with Gasteiger partial charge in [0.2, 0.25) is 5.91 Å². The molecule has 78 valence electrons. The third kappa shape index (κ3) is 1.82. The van der Waals surface area contributed by atoms with E-state index in [0.29, 0.717) is 13.1 Å². The number of halogens is 1. The van der Waals surface area contributed by atoms with Gasteiger partial charge in [-0.2, -0.15) is 5.10 Å². The molecule has 1 aliphatic rings. The van der Waals surface area contributed by atoms with Gasteiger partial charge in [-0.15, -0.1) is 12.4 Å². The second-order valence-corrected chi connectivity index (χ2v) is 3.41. The number of hydrogen-bond acceptors (Lipinski definition) is 3. The summed E-state index contributed by atoms with van der Waals surface area (Å²) in [5.41, 5.74) is 6.17. The summed E-state index contributed by atoms with van der Waals surface area (Å²) in [7, 11) is 0. The molecular formula is C8H13ClN4O. The molecule has 0 unspecified atom stereocenters. The lowest BCUT2D eigenvalue weighted by Gasteiger charge is -2.37. The van der Waals surface area contributed by atoms with Crippen molar-refractivity contribution in [1.82, 2.24) is 10.2 Å². The number of carbonyl (C=O) groups excluding carboxylic acids is 1. The van der Waals surface area contributed by atoms with Crippen LogP contribution in [0.5, 0.6) is 0 Å². The molecule has 1 aromatic rings. The molecule has 2 rings (SSSR count). The molecular weight excluding hydrogens is 204 g/mol. The van der Waals surface area contributed by atoms with Crippen LogP contribution in [-0.2, 0) is 4.79 Å². The van der Waals surface area contributed by atoms with E-state index < -0.39 is 0 Å². The summed E-state index contributed by atoms with van der Waals surface area (Å²) in [5, 5.41) is 6.93. The number of aromatic nitrogens is 2. The molecule has 0 aliphatic carbocycles. The van der Waals surface area contributed by atoms with Crippen LogP contribution in [0.2, 0.25) is 0 Å². The van der Waals surface area contributed by atoms with Crippen LogP contribution in [0.25, 0.3) is 0 Å². The van der Waals surface area contributed by atoms with Crippen LogP contribution >= 0.6 is 12.4 Å². The number of rotatable bonds is 2. The molecule has 5 nitrogen and oxygen atoms in total. The highest BCUT2D eigenvalue weighted by Gasteiger charge is 2.32. The molecule has 0 atom stereocenters. The normalized spacial score (nSPS) is 15.9. The average Bonchev–Trinajstić information content (AvgIpc) is 2.31. The van der Waals surface area contributed by atoms with Gasteiger partial charge >= 0.3 is 0 Å². The molecule has 0 spiro atoms. The molecule has 0 bridgehead atoms. The van der Waals surface area contributed by atoms with Gasteiger partial charge in [-0.05, 0) is 6.92 Å². The van der Waals surface area contributed by atoms with E-state index >= 15 is 0 Å². The number of amides is 1. The summed E-state index contributed by atoms with van der Waals surface area (Å²) < 4.78 is 0. The van der Waals surface area contributed by atoms with Gasteiger partial charge in [-0.3, -0.25) is 9.89 Å². The Hall–Kier alpha value is -1.23. The van der Waals surface area contributed by atoms with Gasteiger partial charge in [0.1, 0.15) is 0 Å². The summed E-state index contributed by atoms with van der Waals surface area (Å²) in [6, 6.07) is 1.96. The van der Waals surface area contributed by atoms with Crippen LogP contribution in [0, 0.1) is 12.8 Å². The molecule has 14 heavy (non-hydrogen) atoms. The van der Waals surface area contributed by atoms with Crippen molar-refractivity contribution in [2.45, 2.75) is 6.92 Å². The highest BCUT2D eigenvalue weighted by atomic mass is 35.5. The van der Waals surface area contributed by atoms with Crippen molar-refractivity contribution >= 4 is 24.1 Å². The third-order valence-electron chi connectivity index (χ3n) is 2.30. The summed E-state index contributed by atoms with van der Waals surface area (Å²) in [5.74, 6) is 0.676. The van der Waals surface area contributed by atoms with Crippen LogP contribution in [0.4, 0.5) is 5.82 Å². The monoisotopic (exact) mass is 216 g/mol. The Morgan fingerprint density at radius 1 is 1.71 bits per heavy atom. The average molecular weight is 217 g/mol. The van der Waals surface area contributed by atoms with Gasteiger partial charge in [0, 0.05) is 24.8 Å². The number of carbonyl (C=O) groups is 1. The molecule has 0 aromatic carbocycles. The van der Waals surface area contributed by atoms with Crippen LogP contribution in [0.3, 0.4) is 0 Å². The molecule has 1 aliphatic heterocycles. The quantitative estimate of drug-likeness (QED) is 0.734. The molecule has 3 N–H and O–H groups in total. The predicted molar refractivity (Wildman–Crippen MR) is 55.5 cm³/mol. The van der Waals surface area contributed by atoms with Crippen molar-refractivity contribution in [2.75, 3.05) is 18.0 Å². The minimum absolute atomic E-state index is 0. The fraction of sp³-hybridized carbons (Fsp3) is 0.500. The van der Waals surface area contributed by atoms with Gasteiger partial charge in [0.05, 0.1) is 5.92 Å². The maximum Gasteiger partial charge on any atom is 0.224 e. The van der Waals surface area contributed by atoms with Crippen molar-refractivity contribution in [1.29, 1.82) is 0 Å². The lowest BCUT2D eigenvalue weighted by Crippen LogP contribution is -2.52. The lowest BCUT2D eigenvalue weighted by molar-refractivity contribution is -0.122. The summed E-state index contributed by atoms with van der Waals surface area (Å²) in [6.45, 7) is 3.33. The van der Waals surface area contributed by atoms with Gasteiger partial charge in [0.15, 0.2) is 5.82 Å². The Morgan fingerprint density at radius 2 is 2.36 bits per heavy atom. The number of anilines is 1. The predicted octanol–water partition coefficient (Wildman–Crippen LogP) is 0.0614. The van der Waals surface area contributed by atoms with Crippen LogP contribution in [0.15, 0.2) is 6.07 Å². The summed E-state index contributed by atoms with van der Waals surface area (Å²) in [4.78, 5) is 12.8. The number of nitrogens with one attached hydrogen (secondary N) is 1. The fourth-order valence-corrected chi connectivity index (χ4v) is 1.41. The molecule has 1 amide bonds. The highest BCUT2D eigenvalue weighted by molar-refractivity contribution is 5.85. The minimum Gasteiger partial charge on any atom is -0.369 e. The number of nitrogens with zero attached hydrogens (tertiary/aromatic N) is 2. The number of aromatic amines is 1. The Balaban J connectivity index is 0.000000980. The van der Waals surface area contributed by atoms with Crippen molar-refractivity contribution in [3.63, 3.8) is 0 Å². The molecule has 1 aromatic heterocycles. The highest BCUT2D eigenvalue weighted by Crippen LogP contribution is 2.22. The second-order valence-electron chi connectivity index (χ2n) is 3.41. The van der Waals surface area contributed by atoms with Gasteiger partial charge in [0.25, 0.3) is 0 Å². The van der Waals surface area contributed by atoms with E-state index in [2.05, 4.69) is 10.2 Å². The van der Waals surface area contributed by atoms with E-state index in [1.165, 1.54) is 0 Å². The zero-order valence-electron chi connectivity index (χ0n) is 7.86. The summed E-state index contributed by atoms with van der Waals surface area (Å²) >= 11 is 0. The maximum absolute atomic E-state index is 10.7. The Kier molecular flexibility index (Phi) is 3.00. The van der Waals surface area contributed by atoms with Crippen LogP contribution in [0.1, 0.15) is 5.69 Å². The van der Waals surface area contributed by atoms with E-state index in [4.69, 9.17) is 5.73 Å². The molecule has 1 fully saturated rings. The maximum atomic E-state index is 10.7. The number of hydrogen-bond donors (Lipinski definition) is 2. The van der Waals surface area contributed by atoms with Gasteiger partial charge in [-0.25, -0.2) is 0 Å². The van der Waals surface area contributed by atoms with Gasteiger partial charge in [-0.1, -0.05) is 0 Å². The first-order chi connectivity index (χ1) is 6.16. The minimum atomic E-state index is -0.219. The SMILES string of the molecule is Cc1cc(N2CC(C(N)=O)C2)n[nH]1.Cl. The zero-order valence-corrected chi connectivity index (χ0v) is 8.67. The third-order valence-corrected chi connectivity index (χ3v) is 2.30. The smallest absolute Gasteiger partial charge is 0.224 e. The standard InChI is InChI=1S/C8H12N4O.ClH/c1-5-2-7(11-10-5)12-3-6(4-12)8(9)13;/h2,6H,3-4H2,1H3,(H2,9,13)(H,10,11);1H. The van der Waals surface area contributed by atoms with Crippen LogP contribution < -0.4 is 10.6 Å². The molecule has 0 saturated carbocycles. The number of nitrogens with two attached hydrogens (primary N) is 1. The first-order valence-electron chi connectivity index (χ1n) is 4.23. The first kappa shape index (κ1) is 10.8. The van der Waals surface area contributed by atoms with Crippen molar-refractivity contribution in [2.24, 2.45) is 11.7 Å². The largest absolute Gasteiger partial charge is 0.369 e. The molecule has 0 radical (unpaired) electrons. The second kappa shape index (κ2) is 3.88. The van der Waals surface area contributed by atoms with Crippen molar-refractivity contribution in [3.05, 3.63) is 11.8 Å². The zero-order chi connectivity index (χ0) is 9.42. The fourth-order valence-electron chi connectivity index (χ4n) is 1.41. The van der Waals surface area contributed by atoms with Crippen molar-refractivity contribution in [3.8, 4) is 0 Å². The van der Waals surface area contributed by atoms with E-state index in [0.717, 1.165) is 11.5 Å². The summed E-state index contributed by atoms with van der Waals surface area (Å²) in [6.07, 6.45) is 0. The molecule has 2 heterocycles. The van der Waals surface area contributed by atoms with E-state index in [1.807, 2.05) is 17.9 Å². The Morgan fingerprint density at radius 3 is 2.79 bits per heavy atom. The van der Waals surface area contributed by atoms with E-state index in [1.54, 1.807) is 0 Å². The van der Waals surface area contributed by atoms with Crippen molar-refractivity contribution < 1.29 is 4.79 Å². The Labute approximate surface area is 88.1 Å². The van der Waals surface area contributed by atoms with Gasteiger partial charge < -0.3 is 10.6 Å². The van der Waals surface area contributed by atoms with E-state index in [9.17, 15) is 4.79 Å². The van der Waals surface area contributed by atoms with Crippen LogP contribution in [-0.4, -0.2) is 29.2 Å². The molecule has 1 saturated heterocycles. The van der Waals surface area contributed by atoms with E-state index in [-0.39, 0.29) is 24.2 Å².